The first-order valence-corrected chi connectivity index (χ1v) is 5.24. The van der Waals surface area contributed by atoms with Gasteiger partial charge in [0.15, 0.2) is 5.82 Å². The molecule has 0 aromatic carbocycles. The topological polar surface area (TPSA) is 48.5 Å². The van der Waals surface area contributed by atoms with Crippen molar-refractivity contribution in [2.75, 3.05) is 0 Å². The molecular formula is C9H12ClN5. The van der Waals surface area contributed by atoms with Gasteiger partial charge in [0.1, 0.15) is 5.69 Å². The van der Waals surface area contributed by atoms with Crippen LogP contribution in [0.5, 0.6) is 0 Å². The maximum absolute atomic E-state index is 5.89. The lowest BCUT2D eigenvalue weighted by Gasteiger charge is -1.94. The maximum atomic E-state index is 5.89. The molecule has 0 bridgehead atoms. The van der Waals surface area contributed by atoms with Crippen molar-refractivity contribution in [3.8, 4) is 5.82 Å². The van der Waals surface area contributed by atoms with Crippen LogP contribution >= 0.6 is 11.6 Å². The molecule has 5 nitrogen and oxygen atoms in total. The van der Waals surface area contributed by atoms with Crippen molar-refractivity contribution in [2.24, 2.45) is 0 Å². The van der Waals surface area contributed by atoms with Gasteiger partial charge in [-0.1, -0.05) is 5.21 Å². The van der Waals surface area contributed by atoms with Crippen LogP contribution in [0, 0.1) is 0 Å². The first-order valence-electron chi connectivity index (χ1n) is 4.81. The number of hydrogen-bond donors (Lipinski definition) is 0. The quantitative estimate of drug-likeness (QED) is 0.749. The van der Waals surface area contributed by atoms with Gasteiger partial charge >= 0.3 is 0 Å². The fourth-order valence-corrected chi connectivity index (χ4v) is 1.32. The van der Waals surface area contributed by atoms with Gasteiger partial charge in [-0.2, -0.15) is 5.10 Å². The fraction of sp³-hybridized carbons (Fsp3) is 0.444. The normalized spacial score (nSPS) is 13.0. The number of hydrogen-bond acceptors (Lipinski definition) is 3. The number of alkyl halides is 1. The van der Waals surface area contributed by atoms with E-state index >= 15 is 0 Å². The van der Waals surface area contributed by atoms with Crippen LogP contribution in [0.2, 0.25) is 0 Å². The van der Waals surface area contributed by atoms with Crippen LogP contribution in [-0.2, 0) is 6.54 Å². The monoisotopic (exact) mass is 225 g/mol. The molecule has 1 atom stereocenters. The largest absolute Gasteiger partial charge is 0.271 e. The highest BCUT2D eigenvalue weighted by atomic mass is 35.5. The number of halogens is 1. The third-order valence-electron chi connectivity index (χ3n) is 2.10. The van der Waals surface area contributed by atoms with E-state index in [1.165, 1.54) is 0 Å². The highest BCUT2D eigenvalue weighted by Gasteiger charge is 2.08. The Hall–Kier alpha value is -1.36. The Morgan fingerprint density at radius 3 is 2.87 bits per heavy atom. The second kappa shape index (κ2) is 4.02. The van der Waals surface area contributed by atoms with Gasteiger partial charge < -0.3 is 0 Å². The van der Waals surface area contributed by atoms with Crippen LogP contribution in [0.4, 0.5) is 0 Å². The average Bonchev–Trinajstić information content (AvgIpc) is 2.86. The van der Waals surface area contributed by atoms with Crippen molar-refractivity contribution in [3.05, 3.63) is 24.2 Å². The highest BCUT2D eigenvalue weighted by Crippen LogP contribution is 2.16. The Morgan fingerprint density at radius 1 is 1.53 bits per heavy atom. The predicted molar refractivity (Wildman–Crippen MR) is 57.1 cm³/mol. The zero-order valence-corrected chi connectivity index (χ0v) is 9.39. The van der Waals surface area contributed by atoms with Gasteiger partial charge in [0, 0.05) is 18.8 Å². The van der Waals surface area contributed by atoms with Crippen molar-refractivity contribution in [1.82, 2.24) is 24.8 Å². The van der Waals surface area contributed by atoms with Crippen molar-refractivity contribution in [3.63, 3.8) is 0 Å². The minimum Gasteiger partial charge on any atom is -0.271 e. The van der Waals surface area contributed by atoms with Crippen LogP contribution in [0.1, 0.15) is 24.9 Å². The molecule has 0 radical (unpaired) electrons. The molecule has 80 valence electrons. The Bertz CT molecular complexity index is 445. The van der Waals surface area contributed by atoms with E-state index in [4.69, 9.17) is 11.6 Å². The summed E-state index contributed by atoms with van der Waals surface area (Å²) in [4.78, 5) is 0. The van der Waals surface area contributed by atoms with Crippen molar-refractivity contribution >= 4 is 11.6 Å². The first-order chi connectivity index (χ1) is 7.20. The van der Waals surface area contributed by atoms with Crippen LogP contribution in [0.25, 0.3) is 5.82 Å². The average molecular weight is 226 g/mol. The lowest BCUT2D eigenvalue weighted by molar-refractivity contribution is 0.642. The number of nitrogens with zero attached hydrogens (tertiary/aromatic N) is 5. The molecule has 0 aliphatic carbocycles. The van der Waals surface area contributed by atoms with Crippen molar-refractivity contribution < 1.29 is 0 Å². The van der Waals surface area contributed by atoms with E-state index < -0.39 is 0 Å². The summed E-state index contributed by atoms with van der Waals surface area (Å²) in [5.41, 5.74) is 0.753. The van der Waals surface area contributed by atoms with Crippen LogP contribution in [0.3, 0.4) is 0 Å². The molecule has 6 heteroatoms. The molecule has 0 fully saturated rings. The molecule has 2 heterocycles. The zero-order chi connectivity index (χ0) is 10.8. The van der Waals surface area contributed by atoms with Gasteiger partial charge in [-0.05, 0) is 13.8 Å². The molecule has 0 amide bonds. The fourth-order valence-electron chi connectivity index (χ4n) is 1.22. The third-order valence-corrected chi connectivity index (χ3v) is 2.33. The molecule has 0 aliphatic heterocycles. The lowest BCUT2D eigenvalue weighted by Crippen LogP contribution is -1.99. The lowest BCUT2D eigenvalue weighted by atomic mass is 10.4. The van der Waals surface area contributed by atoms with Gasteiger partial charge in [0.25, 0.3) is 0 Å². The summed E-state index contributed by atoms with van der Waals surface area (Å²) < 4.78 is 3.46. The zero-order valence-electron chi connectivity index (χ0n) is 8.63. The van der Waals surface area contributed by atoms with E-state index in [1.807, 2.05) is 30.8 Å². The smallest absolute Gasteiger partial charge is 0.176 e. The summed E-state index contributed by atoms with van der Waals surface area (Å²) in [6.45, 7) is 4.73. The first kappa shape index (κ1) is 10.2. The van der Waals surface area contributed by atoms with Crippen LogP contribution in [0.15, 0.2) is 18.5 Å². The second-order valence-electron chi connectivity index (χ2n) is 3.23. The van der Waals surface area contributed by atoms with Gasteiger partial charge in [-0.15, -0.1) is 16.7 Å². The summed E-state index contributed by atoms with van der Waals surface area (Å²) in [7, 11) is 0. The predicted octanol–water partition coefficient (Wildman–Crippen LogP) is 1.78. The third kappa shape index (κ3) is 2.02. The number of rotatable bonds is 3. The molecular weight excluding hydrogens is 214 g/mol. The van der Waals surface area contributed by atoms with Gasteiger partial charge in [-0.3, -0.25) is 4.68 Å². The molecule has 0 saturated heterocycles. The number of aromatic nitrogens is 5. The Labute approximate surface area is 92.7 Å². The van der Waals surface area contributed by atoms with Crippen molar-refractivity contribution in [1.29, 1.82) is 0 Å². The molecule has 1 unspecified atom stereocenters. The summed E-state index contributed by atoms with van der Waals surface area (Å²) in [5, 5.41) is 12.1. The Balaban J connectivity index is 2.28. The van der Waals surface area contributed by atoms with Gasteiger partial charge in [-0.25, -0.2) is 4.68 Å². The summed E-state index contributed by atoms with van der Waals surface area (Å²) in [6.07, 6.45) is 3.70. The molecule has 2 aromatic rings. The van der Waals surface area contributed by atoms with E-state index in [1.54, 1.807) is 10.9 Å². The van der Waals surface area contributed by atoms with Gasteiger partial charge in [0.2, 0.25) is 0 Å². The molecule has 2 aromatic heterocycles. The number of aryl methyl sites for hydroxylation is 1. The Kier molecular flexibility index (Phi) is 2.73. The molecule has 0 N–H and O–H groups in total. The SMILES string of the molecule is CCn1ccc(-n2cc(C(C)Cl)nn2)n1. The van der Waals surface area contributed by atoms with E-state index in [-0.39, 0.29) is 5.38 Å². The second-order valence-corrected chi connectivity index (χ2v) is 3.89. The molecule has 0 spiro atoms. The van der Waals surface area contributed by atoms with E-state index in [0.29, 0.717) is 0 Å². The van der Waals surface area contributed by atoms with E-state index in [9.17, 15) is 0 Å². The minimum atomic E-state index is -0.132. The molecule has 15 heavy (non-hydrogen) atoms. The highest BCUT2D eigenvalue weighted by molar-refractivity contribution is 6.20. The van der Waals surface area contributed by atoms with Gasteiger partial charge in [0.05, 0.1) is 11.6 Å². The molecule has 0 aliphatic rings. The minimum absolute atomic E-state index is 0.132. The summed E-state index contributed by atoms with van der Waals surface area (Å²) in [5.74, 6) is 0.757. The maximum Gasteiger partial charge on any atom is 0.176 e. The van der Waals surface area contributed by atoms with Crippen LogP contribution in [-0.4, -0.2) is 24.8 Å². The summed E-state index contributed by atoms with van der Waals surface area (Å²) >= 11 is 5.89. The summed E-state index contributed by atoms with van der Waals surface area (Å²) in [6, 6.07) is 1.89. The molecule has 0 saturated carbocycles. The van der Waals surface area contributed by atoms with Crippen molar-refractivity contribution in [2.45, 2.75) is 25.8 Å². The standard InChI is InChI=1S/C9H12ClN5/c1-3-14-5-4-9(12-14)15-6-8(7(2)10)11-13-15/h4-7H,3H2,1-2H3. The van der Waals surface area contributed by atoms with E-state index in [0.717, 1.165) is 18.1 Å². The molecule has 2 rings (SSSR count). The van der Waals surface area contributed by atoms with E-state index in [2.05, 4.69) is 15.4 Å². The van der Waals surface area contributed by atoms with Crippen LogP contribution < -0.4 is 0 Å². The Morgan fingerprint density at radius 2 is 2.33 bits per heavy atom.